The lowest BCUT2D eigenvalue weighted by atomic mass is 10.0. The van der Waals surface area contributed by atoms with Gasteiger partial charge in [0.05, 0.1) is 12.0 Å². The fraction of sp³-hybridized carbons (Fsp3) is 0.250. The Bertz CT molecular complexity index is 580. The number of fused-ring (bicyclic) bond motifs is 1. The van der Waals surface area contributed by atoms with E-state index >= 15 is 0 Å². The van der Waals surface area contributed by atoms with E-state index in [1.54, 1.807) is 18.2 Å². The summed E-state index contributed by atoms with van der Waals surface area (Å²) in [5.74, 6) is -1.13. The number of aromatic nitrogens is 1. The highest BCUT2D eigenvalue weighted by atomic mass is 35.5. The van der Waals surface area contributed by atoms with Crippen LogP contribution in [0.25, 0.3) is 10.9 Å². The average molecular weight is 270 g/mol. The molecule has 5 nitrogen and oxygen atoms in total. The summed E-state index contributed by atoms with van der Waals surface area (Å²) in [5.41, 5.74) is 1.15. The van der Waals surface area contributed by atoms with Crippen molar-refractivity contribution in [1.82, 2.24) is 4.98 Å². The minimum absolute atomic E-state index is 0.0783. The number of rotatable bonds is 4. The molecule has 0 aliphatic carbocycles. The van der Waals surface area contributed by atoms with E-state index in [4.69, 9.17) is 16.7 Å². The van der Waals surface area contributed by atoms with Crippen LogP contribution < -0.4 is 0 Å². The Labute approximate surface area is 108 Å². The lowest BCUT2D eigenvalue weighted by Crippen LogP contribution is -2.19. The van der Waals surface area contributed by atoms with E-state index < -0.39 is 18.2 Å². The Kier molecular flexibility index (Phi) is 3.56. The van der Waals surface area contributed by atoms with Crippen molar-refractivity contribution < 1.29 is 20.1 Å². The van der Waals surface area contributed by atoms with E-state index in [9.17, 15) is 15.0 Å². The summed E-state index contributed by atoms with van der Waals surface area (Å²) in [6.07, 6.45) is -2.15. The van der Waals surface area contributed by atoms with Crippen molar-refractivity contribution >= 4 is 28.5 Å². The van der Waals surface area contributed by atoms with Crippen LogP contribution in [0.3, 0.4) is 0 Å². The smallest absolute Gasteiger partial charge is 0.352 e. The molecular formula is C12H12ClNO4. The minimum Gasteiger partial charge on any atom is -0.477 e. The number of carboxylic acid groups (broad SMARTS) is 1. The Morgan fingerprint density at radius 1 is 1.33 bits per heavy atom. The van der Waals surface area contributed by atoms with Gasteiger partial charge in [-0.2, -0.15) is 0 Å². The summed E-state index contributed by atoms with van der Waals surface area (Å²) in [7, 11) is 0. The maximum atomic E-state index is 10.8. The van der Waals surface area contributed by atoms with Crippen molar-refractivity contribution in [2.24, 2.45) is 0 Å². The molecule has 0 spiro atoms. The second-order valence-electron chi connectivity index (χ2n) is 4.00. The van der Waals surface area contributed by atoms with Gasteiger partial charge in [-0.05, 0) is 17.7 Å². The largest absolute Gasteiger partial charge is 0.477 e. The summed E-state index contributed by atoms with van der Waals surface area (Å²) in [6, 6.07) is 6.41. The van der Waals surface area contributed by atoms with Gasteiger partial charge in [-0.25, -0.2) is 4.79 Å². The van der Waals surface area contributed by atoms with Crippen LogP contribution in [0.4, 0.5) is 0 Å². The lowest BCUT2D eigenvalue weighted by Gasteiger charge is -2.15. The zero-order valence-corrected chi connectivity index (χ0v) is 10.1. The molecule has 2 atom stereocenters. The summed E-state index contributed by atoms with van der Waals surface area (Å²) in [4.78, 5) is 13.5. The predicted octanol–water partition coefficient (Wildman–Crippen LogP) is 1.50. The van der Waals surface area contributed by atoms with Crippen molar-refractivity contribution in [3.05, 3.63) is 35.5 Å². The Balaban J connectivity index is 2.40. The van der Waals surface area contributed by atoms with Crippen LogP contribution in [0.15, 0.2) is 24.3 Å². The highest BCUT2D eigenvalue weighted by Crippen LogP contribution is 2.23. The van der Waals surface area contributed by atoms with E-state index in [0.717, 1.165) is 5.39 Å². The quantitative estimate of drug-likeness (QED) is 0.633. The lowest BCUT2D eigenvalue weighted by molar-refractivity contribution is 0.0328. The van der Waals surface area contributed by atoms with E-state index in [1.807, 2.05) is 0 Å². The van der Waals surface area contributed by atoms with Gasteiger partial charge in [-0.1, -0.05) is 12.1 Å². The normalized spacial score (nSPS) is 14.6. The predicted molar refractivity (Wildman–Crippen MR) is 66.9 cm³/mol. The maximum absolute atomic E-state index is 10.8. The number of carbonyl (C=O) groups is 1. The summed E-state index contributed by atoms with van der Waals surface area (Å²) in [6.45, 7) is 0. The fourth-order valence-electron chi connectivity index (χ4n) is 1.75. The number of aliphatic hydroxyl groups is 2. The Hall–Kier alpha value is -1.56. The second kappa shape index (κ2) is 4.97. The van der Waals surface area contributed by atoms with Crippen LogP contribution in [0.1, 0.15) is 22.2 Å². The number of alkyl halides is 1. The van der Waals surface area contributed by atoms with Crippen LogP contribution in [-0.2, 0) is 0 Å². The SMILES string of the molecule is O=C(O)c1cc2ccc(C(O)C(O)CCl)cc2[nH]1. The maximum Gasteiger partial charge on any atom is 0.352 e. The van der Waals surface area contributed by atoms with Crippen molar-refractivity contribution in [3.63, 3.8) is 0 Å². The van der Waals surface area contributed by atoms with Crippen LogP contribution in [-0.4, -0.2) is 38.3 Å². The number of halogens is 1. The van der Waals surface area contributed by atoms with Crippen LogP contribution >= 0.6 is 11.6 Å². The van der Waals surface area contributed by atoms with Crippen molar-refractivity contribution in [3.8, 4) is 0 Å². The monoisotopic (exact) mass is 269 g/mol. The molecule has 1 aromatic carbocycles. The number of aliphatic hydroxyl groups excluding tert-OH is 2. The van der Waals surface area contributed by atoms with E-state index in [1.165, 1.54) is 6.07 Å². The molecule has 0 fully saturated rings. The van der Waals surface area contributed by atoms with E-state index in [-0.39, 0.29) is 11.6 Å². The first kappa shape index (κ1) is 12.9. The number of aromatic carboxylic acids is 1. The molecule has 1 heterocycles. The Morgan fingerprint density at radius 2 is 2.06 bits per heavy atom. The van der Waals surface area contributed by atoms with Gasteiger partial charge in [0.1, 0.15) is 11.8 Å². The first-order chi connectivity index (χ1) is 8.52. The molecule has 96 valence electrons. The molecular weight excluding hydrogens is 258 g/mol. The molecule has 2 rings (SSSR count). The molecule has 4 N–H and O–H groups in total. The zero-order valence-electron chi connectivity index (χ0n) is 9.30. The molecule has 0 aliphatic heterocycles. The molecule has 0 saturated carbocycles. The third kappa shape index (κ3) is 2.33. The van der Waals surface area contributed by atoms with Gasteiger partial charge < -0.3 is 20.3 Å². The van der Waals surface area contributed by atoms with Gasteiger partial charge in [0.15, 0.2) is 0 Å². The van der Waals surface area contributed by atoms with Crippen LogP contribution in [0.5, 0.6) is 0 Å². The molecule has 2 unspecified atom stereocenters. The van der Waals surface area contributed by atoms with Gasteiger partial charge >= 0.3 is 5.97 Å². The molecule has 0 amide bonds. The standard InChI is InChI=1S/C12H12ClNO4/c13-5-10(15)11(16)7-2-1-6-3-9(12(17)18)14-8(6)4-7/h1-4,10-11,14-16H,5H2,(H,17,18). The molecule has 0 saturated heterocycles. The topological polar surface area (TPSA) is 93.6 Å². The number of benzene rings is 1. The highest BCUT2D eigenvalue weighted by Gasteiger charge is 2.18. The molecule has 1 aromatic heterocycles. The van der Waals surface area contributed by atoms with Crippen molar-refractivity contribution in [2.45, 2.75) is 12.2 Å². The summed E-state index contributed by atoms with van der Waals surface area (Å²) < 4.78 is 0. The molecule has 2 aromatic rings. The zero-order chi connectivity index (χ0) is 13.3. The summed E-state index contributed by atoms with van der Waals surface area (Å²) >= 11 is 5.47. The molecule has 0 aliphatic rings. The number of H-pyrrole nitrogens is 1. The minimum atomic E-state index is -1.09. The molecule has 18 heavy (non-hydrogen) atoms. The van der Waals surface area contributed by atoms with Crippen molar-refractivity contribution in [1.29, 1.82) is 0 Å². The van der Waals surface area contributed by atoms with E-state index in [2.05, 4.69) is 4.98 Å². The van der Waals surface area contributed by atoms with Gasteiger partial charge in [-0.15, -0.1) is 11.6 Å². The average Bonchev–Trinajstić information content (AvgIpc) is 2.79. The van der Waals surface area contributed by atoms with Crippen LogP contribution in [0, 0.1) is 0 Å². The first-order valence-electron chi connectivity index (χ1n) is 5.31. The number of aromatic amines is 1. The molecule has 6 heteroatoms. The molecule has 0 bridgehead atoms. The molecule has 0 radical (unpaired) electrons. The first-order valence-corrected chi connectivity index (χ1v) is 5.84. The van der Waals surface area contributed by atoms with Crippen LogP contribution in [0.2, 0.25) is 0 Å². The number of nitrogens with one attached hydrogen (secondary N) is 1. The van der Waals surface area contributed by atoms with Gasteiger partial charge in [0.25, 0.3) is 0 Å². The number of hydrogen-bond acceptors (Lipinski definition) is 3. The fourth-order valence-corrected chi connectivity index (χ4v) is 1.92. The van der Waals surface area contributed by atoms with Gasteiger partial charge in [0.2, 0.25) is 0 Å². The van der Waals surface area contributed by atoms with E-state index in [0.29, 0.717) is 11.1 Å². The van der Waals surface area contributed by atoms with Crippen molar-refractivity contribution in [2.75, 3.05) is 5.88 Å². The number of carboxylic acids is 1. The Morgan fingerprint density at radius 3 is 2.67 bits per heavy atom. The summed E-state index contributed by atoms with van der Waals surface area (Å²) in [5, 5.41) is 28.8. The third-order valence-corrected chi connectivity index (χ3v) is 3.06. The van der Waals surface area contributed by atoms with Gasteiger partial charge in [-0.3, -0.25) is 0 Å². The number of hydrogen-bond donors (Lipinski definition) is 4. The van der Waals surface area contributed by atoms with Gasteiger partial charge in [0, 0.05) is 10.9 Å². The third-order valence-electron chi connectivity index (χ3n) is 2.74. The highest BCUT2D eigenvalue weighted by molar-refractivity contribution is 6.18. The second-order valence-corrected chi connectivity index (χ2v) is 4.31.